The van der Waals surface area contributed by atoms with Crippen molar-refractivity contribution in [2.45, 2.75) is 45.3 Å². The molecule has 1 fully saturated rings. The molecular weight excluding hydrogens is 290 g/mol. The summed E-state index contributed by atoms with van der Waals surface area (Å²) in [7, 11) is 0. The van der Waals surface area contributed by atoms with E-state index in [1.54, 1.807) is 6.07 Å². The summed E-state index contributed by atoms with van der Waals surface area (Å²) in [6.45, 7) is 5.58. The molecule has 6 heteroatoms. The number of ether oxygens (including phenoxy) is 1. The van der Waals surface area contributed by atoms with Crippen molar-refractivity contribution in [3.63, 3.8) is 0 Å². The molecule has 0 spiro atoms. The van der Waals surface area contributed by atoms with E-state index in [-0.39, 0.29) is 18.1 Å². The number of nitrogens with zero attached hydrogens (tertiary/aromatic N) is 1. The van der Waals surface area contributed by atoms with Crippen molar-refractivity contribution in [1.82, 2.24) is 10.3 Å². The zero-order chi connectivity index (χ0) is 15.2. The van der Waals surface area contributed by atoms with Crippen molar-refractivity contribution in [3.8, 4) is 0 Å². The molecule has 5 nitrogen and oxygen atoms in total. The van der Waals surface area contributed by atoms with Crippen molar-refractivity contribution in [1.29, 1.82) is 0 Å². The molecule has 0 radical (unpaired) electrons. The first-order chi connectivity index (χ1) is 10.1. The number of amides is 1. The van der Waals surface area contributed by atoms with Gasteiger partial charge in [-0.25, -0.2) is 4.98 Å². The Morgan fingerprint density at radius 1 is 1.57 bits per heavy atom. The van der Waals surface area contributed by atoms with Crippen LogP contribution in [-0.4, -0.2) is 36.2 Å². The molecule has 1 aromatic rings. The number of halogens is 1. The SMILES string of the molecule is CCCNc1cc(C(=O)NC2CCOC(C)C2)c(Cl)cn1. The zero-order valence-electron chi connectivity index (χ0n) is 12.5. The standard InChI is InChI=1S/C15H22ClN3O2/c1-3-5-17-14-8-12(13(16)9-18-14)15(20)19-11-4-6-21-10(2)7-11/h8-11H,3-7H2,1-2H3,(H,17,18)(H,19,20). The van der Waals surface area contributed by atoms with Gasteiger partial charge >= 0.3 is 0 Å². The van der Waals surface area contributed by atoms with Crippen LogP contribution in [0, 0.1) is 0 Å². The van der Waals surface area contributed by atoms with Crippen LogP contribution in [0.1, 0.15) is 43.5 Å². The fraction of sp³-hybridized carbons (Fsp3) is 0.600. The van der Waals surface area contributed by atoms with Gasteiger partial charge in [-0.3, -0.25) is 4.79 Å². The van der Waals surface area contributed by atoms with E-state index in [0.29, 0.717) is 23.0 Å². The Hall–Kier alpha value is -1.33. The van der Waals surface area contributed by atoms with Crippen LogP contribution < -0.4 is 10.6 Å². The Balaban J connectivity index is 2.03. The maximum Gasteiger partial charge on any atom is 0.253 e. The van der Waals surface area contributed by atoms with Gasteiger partial charge in [-0.05, 0) is 32.3 Å². The second kappa shape index (κ2) is 7.61. The van der Waals surface area contributed by atoms with E-state index >= 15 is 0 Å². The van der Waals surface area contributed by atoms with E-state index in [0.717, 1.165) is 25.8 Å². The van der Waals surface area contributed by atoms with Gasteiger partial charge in [0.1, 0.15) is 5.82 Å². The fourth-order valence-electron chi connectivity index (χ4n) is 2.35. The summed E-state index contributed by atoms with van der Waals surface area (Å²) in [6, 6.07) is 1.84. The third-order valence-electron chi connectivity index (χ3n) is 3.48. The summed E-state index contributed by atoms with van der Waals surface area (Å²) < 4.78 is 5.49. The zero-order valence-corrected chi connectivity index (χ0v) is 13.2. The number of carbonyl (C=O) groups excluding carboxylic acids is 1. The van der Waals surface area contributed by atoms with Crippen LogP contribution in [0.2, 0.25) is 5.02 Å². The predicted molar refractivity (Wildman–Crippen MR) is 83.9 cm³/mol. The summed E-state index contributed by atoms with van der Waals surface area (Å²) in [6.07, 6.45) is 4.35. The average molecular weight is 312 g/mol. The van der Waals surface area contributed by atoms with Gasteiger partial charge in [0.15, 0.2) is 0 Å². The Morgan fingerprint density at radius 3 is 3.10 bits per heavy atom. The Morgan fingerprint density at radius 2 is 2.38 bits per heavy atom. The van der Waals surface area contributed by atoms with Gasteiger partial charge in [0.2, 0.25) is 0 Å². The highest BCUT2D eigenvalue weighted by Crippen LogP contribution is 2.20. The summed E-state index contributed by atoms with van der Waals surface area (Å²) in [4.78, 5) is 16.5. The maximum absolute atomic E-state index is 12.4. The number of nitrogens with one attached hydrogen (secondary N) is 2. The lowest BCUT2D eigenvalue weighted by Crippen LogP contribution is -2.41. The lowest BCUT2D eigenvalue weighted by atomic mass is 10.0. The number of hydrogen-bond donors (Lipinski definition) is 2. The molecule has 0 aliphatic carbocycles. The molecule has 0 aromatic carbocycles. The van der Waals surface area contributed by atoms with Crippen molar-refractivity contribution in [2.24, 2.45) is 0 Å². The van der Waals surface area contributed by atoms with Crippen LogP contribution >= 0.6 is 11.6 Å². The van der Waals surface area contributed by atoms with E-state index in [2.05, 4.69) is 22.5 Å². The third-order valence-corrected chi connectivity index (χ3v) is 3.78. The normalized spacial score (nSPS) is 21.9. The molecule has 21 heavy (non-hydrogen) atoms. The molecule has 1 aliphatic rings. The molecule has 1 aliphatic heterocycles. The molecule has 1 aromatic heterocycles. The maximum atomic E-state index is 12.4. The van der Waals surface area contributed by atoms with Gasteiger partial charge in [0.05, 0.1) is 16.7 Å². The quantitative estimate of drug-likeness (QED) is 0.877. The lowest BCUT2D eigenvalue weighted by Gasteiger charge is -2.28. The van der Waals surface area contributed by atoms with E-state index in [1.807, 2.05) is 6.92 Å². The fourth-order valence-corrected chi connectivity index (χ4v) is 2.54. The van der Waals surface area contributed by atoms with Gasteiger partial charge in [-0.15, -0.1) is 0 Å². The second-order valence-corrected chi connectivity index (χ2v) is 5.76. The summed E-state index contributed by atoms with van der Waals surface area (Å²) in [5.74, 6) is 0.521. The van der Waals surface area contributed by atoms with Crippen molar-refractivity contribution < 1.29 is 9.53 Å². The Kier molecular flexibility index (Phi) is 5.82. The highest BCUT2D eigenvalue weighted by molar-refractivity contribution is 6.33. The van der Waals surface area contributed by atoms with Gasteiger partial charge in [-0.1, -0.05) is 18.5 Å². The first kappa shape index (κ1) is 16.0. The molecule has 2 rings (SSSR count). The van der Waals surface area contributed by atoms with Crippen LogP contribution in [0.3, 0.4) is 0 Å². The van der Waals surface area contributed by atoms with Crippen LogP contribution in [0.5, 0.6) is 0 Å². The molecule has 2 unspecified atom stereocenters. The number of aromatic nitrogens is 1. The van der Waals surface area contributed by atoms with Crippen LogP contribution in [-0.2, 0) is 4.74 Å². The molecule has 1 saturated heterocycles. The number of carbonyl (C=O) groups is 1. The van der Waals surface area contributed by atoms with E-state index in [1.165, 1.54) is 6.20 Å². The first-order valence-electron chi connectivity index (χ1n) is 7.42. The smallest absolute Gasteiger partial charge is 0.253 e. The Bertz CT molecular complexity index is 496. The topological polar surface area (TPSA) is 63.2 Å². The molecule has 2 heterocycles. The molecule has 0 bridgehead atoms. The number of hydrogen-bond acceptors (Lipinski definition) is 4. The van der Waals surface area contributed by atoms with Crippen molar-refractivity contribution in [2.75, 3.05) is 18.5 Å². The van der Waals surface area contributed by atoms with Gasteiger partial charge in [0, 0.05) is 25.4 Å². The monoisotopic (exact) mass is 311 g/mol. The van der Waals surface area contributed by atoms with Gasteiger partial charge in [-0.2, -0.15) is 0 Å². The minimum Gasteiger partial charge on any atom is -0.378 e. The highest BCUT2D eigenvalue weighted by atomic mass is 35.5. The molecule has 2 N–H and O–H groups in total. The van der Waals surface area contributed by atoms with Crippen LogP contribution in [0.15, 0.2) is 12.3 Å². The number of pyridine rings is 1. The van der Waals surface area contributed by atoms with E-state index in [9.17, 15) is 4.79 Å². The summed E-state index contributed by atoms with van der Waals surface area (Å²) in [5.41, 5.74) is 0.462. The van der Waals surface area contributed by atoms with Gasteiger partial charge in [0.25, 0.3) is 5.91 Å². The number of anilines is 1. The average Bonchev–Trinajstić information content (AvgIpc) is 2.46. The third kappa shape index (κ3) is 4.58. The Labute approximate surface area is 130 Å². The first-order valence-corrected chi connectivity index (χ1v) is 7.79. The van der Waals surface area contributed by atoms with E-state index < -0.39 is 0 Å². The summed E-state index contributed by atoms with van der Waals surface area (Å²) >= 11 is 6.10. The van der Waals surface area contributed by atoms with Gasteiger partial charge < -0.3 is 15.4 Å². The summed E-state index contributed by atoms with van der Waals surface area (Å²) in [5, 5.41) is 6.56. The largest absolute Gasteiger partial charge is 0.378 e. The minimum atomic E-state index is -0.152. The van der Waals surface area contributed by atoms with E-state index in [4.69, 9.17) is 16.3 Å². The second-order valence-electron chi connectivity index (χ2n) is 5.35. The molecular formula is C15H22ClN3O2. The molecule has 2 atom stereocenters. The molecule has 0 saturated carbocycles. The molecule has 1 amide bonds. The lowest BCUT2D eigenvalue weighted by molar-refractivity contribution is 0.0136. The highest BCUT2D eigenvalue weighted by Gasteiger charge is 2.22. The predicted octanol–water partition coefficient (Wildman–Crippen LogP) is 2.85. The minimum absolute atomic E-state index is 0.137. The van der Waals surface area contributed by atoms with Crippen molar-refractivity contribution >= 4 is 23.3 Å². The van der Waals surface area contributed by atoms with Crippen LogP contribution in [0.25, 0.3) is 0 Å². The van der Waals surface area contributed by atoms with Crippen molar-refractivity contribution in [3.05, 3.63) is 22.8 Å². The number of rotatable bonds is 5. The molecule has 116 valence electrons. The van der Waals surface area contributed by atoms with Crippen LogP contribution in [0.4, 0.5) is 5.82 Å².